The maximum absolute atomic E-state index is 4.54. The first-order chi connectivity index (χ1) is 15.6. The summed E-state index contributed by atoms with van der Waals surface area (Å²) < 4.78 is 0. The molecule has 0 aromatic heterocycles. The van der Waals surface area contributed by atoms with Crippen LogP contribution in [0.2, 0.25) is 0 Å². The van der Waals surface area contributed by atoms with Crippen molar-refractivity contribution in [2.24, 2.45) is 9.98 Å². The predicted octanol–water partition coefficient (Wildman–Crippen LogP) is 6.90. The molecule has 0 saturated carbocycles. The van der Waals surface area contributed by atoms with E-state index in [-0.39, 0.29) is 0 Å². The Morgan fingerprint density at radius 3 is 0.906 bits per heavy atom. The highest BCUT2D eigenvalue weighted by Crippen LogP contribution is 2.23. The normalized spacial score (nSPS) is 12.1. The molecule has 4 aromatic carbocycles. The van der Waals surface area contributed by atoms with Crippen LogP contribution in [0.1, 0.15) is 33.4 Å². The Morgan fingerprint density at radius 1 is 0.406 bits per heavy atom. The Balaban J connectivity index is 1.57. The van der Waals surface area contributed by atoms with Crippen LogP contribution in [0.5, 0.6) is 0 Å². The van der Waals surface area contributed by atoms with Gasteiger partial charge < -0.3 is 0 Å². The Hall–Kier alpha value is -3.78. The lowest BCUT2D eigenvalue weighted by atomic mass is 9.96. The zero-order valence-corrected chi connectivity index (χ0v) is 19.1. The third-order valence-corrected chi connectivity index (χ3v) is 5.75. The van der Waals surface area contributed by atoms with E-state index in [1.807, 2.05) is 14.1 Å². The number of hydrogen-bond donors (Lipinski definition) is 0. The van der Waals surface area contributed by atoms with E-state index in [4.69, 9.17) is 0 Å². The molecule has 0 aliphatic rings. The number of aryl methyl sites for hydroxylation is 2. The first kappa shape index (κ1) is 21.5. The fourth-order valence-corrected chi connectivity index (χ4v) is 3.91. The minimum absolute atomic E-state index is 1.01. The maximum atomic E-state index is 4.54. The van der Waals surface area contributed by atoms with Crippen molar-refractivity contribution in [2.45, 2.75) is 13.8 Å². The van der Waals surface area contributed by atoms with Gasteiger partial charge in [0.15, 0.2) is 0 Å². The first-order valence-electron chi connectivity index (χ1n) is 10.9. The molecule has 0 heterocycles. The van der Waals surface area contributed by atoms with Gasteiger partial charge in [-0.15, -0.1) is 0 Å². The van der Waals surface area contributed by atoms with E-state index >= 15 is 0 Å². The molecule has 0 aliphatic heterocycles. The Kier molecular flexibility index (Phi) is 6.42. The molecule has 0 unspecified atom stereocenters. The molecule has 0 saturated heterocycles. The Morgan fingerprint density at radius 2 is 0.656 bits per heavy atom. The van der Waals surface area contributed by atoms with Gasteiger partial charge in [0.05, 0.1) is 11.4 Å². The van der Waals surface area contributed by atoms with Crippen LogP contribution >= 0.6 is 0 Å². The number of nitrogens with zero attached hydrogens (tertiary/aromatic N) is 2. The molecule has 0 radical (unpaired) electrons. The fourth-order valence-electron chi connectivity index (χ4n) is 3.91. The van der Waals surface area contributed by atoms with Crippen LogP contribution < -0.4 is 0 Å². The summed E-state index contributed by atoms with van der Waals surface area (Å²) in [6, 6.07) is 34.3. The van der Waals surface area contributed by atoms with Crippen LogP contribution in [-0.4, -0.2) is 25.5 Å². The number of hydrogen-bond acceptors (Lipinski definition) is 2. The topological polar surface area (TPSA) is 24.7 Å². The fraction of sp³-hybridized carbons (Fsp3) is 0.133. The van der Waals surface area contributed by atoms with Gasteiger partial charge in [-0.05, 0) is 25.0 Å². The van der Waals surface area contributed by atoms with Crippen molar-refractivity contribution in [3.8, 4) is 11.1 Å². The zero-order valence-electron chi connectivity index (χ0n) is 19.1. The summed E-state index contributed by atoms with van der Waals surface area (Å²) in [6.07, 6.45) is 0. The third-order valence-electron chi connectivity index (χ3n) is 5.75. The molecular weight excluding hydrogens is 388 g/mol. The SMILES string of the molecule is C/N=C(\c1ccc(C)cc1)c1ccc(-c2ccc(/C(=N/C)c3ccc(C)cc3)cc2)cc1. The molecule has 4 rings (SSSR count). The summed E-state index contributed by atoms with van der Waals surface area (Å²) in [5.41, 5.74) is 11.4. The lowest BCUT2D eigenvalue weighted by Gasteiger charge is -2.10. The summed E-state index contributed by atoms with van der Waals surface area (Å²) in [4.78, 5) is 9.08. The second-order valence-corrected chi connectivity index (χ2v) is 8.03. The predicted molar refractivity (Wildman–Crippen MR) is 137 cm³/mol. The second-order valence-electron chi connectivity index (χ2n) is 8.03. The van der Waals surface area contributed by atoms with E-state index < -0.39 is 0 Å². The van der Waals surface area contributed by atoms with Gasteiger partial charge in [-0.25, -0.2) is 0 Å². The van der Waals surface area contributed by atoms with Gasteiger partial charge in [0.2, 0.25) is 0 Å². The number of benzene rings is 4. The van der Waals surface area contributed by atoms with E-state index in [9.17, 15) is 0 Å². The van der Waals surface area contributed by atoms with Gasteiger partial charge in [-0.1, -0.05) is 108 Å². The highest BCUT2D eigenvalue weighted by Gasteiger charge is 2.09. The van der Waals surface area contributed by atoms with Gasteiger partial charge in [0.1, 0.15) is 0 Å². The van der Waals surface area contributed by atoms with Crippen molar-refractivity contribution in [3.63, 3.8) is 0 Å². The minimum Gasteiger partial charge on any atom is -0.287 e. The van der Waals surface area contributed by atoms with E-state index in [1.165, 1.54) is 22.3 Å². The lowest BCUT2D eigenvalue weighted by Crippen LogP contribution is -2.03. The molecule has 4 aromatic rings. The molecule has 2 nitrogen and oxygen atoms in total. The minimum atomic E-state index is 1.01. The quantitative estimate of drug-likeness (QED) is 0.316. The summed E-state index contributed by atoms with van der Waals surface area (Å²) in [7, 11) is 3.70. The van der Waals surface area contributed by atoms with Crippen molar-refractivity contribution >= 4 is 11.4 Å². The Labute approximate surface area is 191 Å². The van der Waals surface area contributed by atoms with Crippen molar-refractivity contribution in [1.29, 1.82) is 0 Å². The summed E-state index contributed by atoms with van der Waals surface area (Å²) in [5.74, 6) is 0. The average molecular weight is 417 g/mol. The third kappa shape index (κ3) is 4.60. The van der Waals surface area contributed by atoms with Gasteiger partial charge in [0.25, 0.3) is 0 Å². The highest BCUT2D eigenvalue weighted by atomic mass is 14.7. The molecule has 0 spiro atoms. The van der Waals surface area contributed by atoms with Crippen LogP contribution in [0, 0.1) is 13.8 Å². The molecule has 0 atom stereocenters. The monoisotopic (exact) mass is 416 g/mol. The van der Waals surface area contributed by atoms with Crippen LogP contribution in [0.4, 0.5) is 0 Å². The van der Waals surface area contributed by atoms with Crippen LogP contribution in [0.15, 0.2) is 107 Å². The molecule has 32 heavy (non-hydrogen) atoms. The lowest BCUT2D eigenvalue weighted by molar-refractivity contribution is 1.39. The summed E-state index contributed by atoms with van der Waals surface area (Å²) in [6.45, 7) is 4.20. The van der Waals surface area contributed by atoms with Crippen molar-refractivity contribution in [2.75, 3.05) is 14.1 Å². The smallest absolute Gasteiger partial charge is 0.0715 e. The average Bonchev–Trinajstić information content (AvgIpc) is 2.83. The van der Waals surface area contributed by atoms with Crippen molar-refractivity contribution in [3.05, 3.63) is 130 Å². The molecule has 0 fully saturated rings. The van der Waals surface area contributed by atoms with Gasteiger partial charge in [0, 0.05) is 36.3 Å². The first-order valence-corrected chi connectivity index (χ1v) is 10.9. The number of aliphatic imine (C=N–C) groups is 2. The molecule has 0 N–H and O–H groups in total. The Bertz CT molecular complexity index is 1140. The molecule has 0 amide bonds. The van der Waals surface area contributed by atoms with E-state index in [0.717, 1.165) is 33.7 Å². The summed E-state index contributed by atoms with van der Waals surface area (Å²) in [5, 5.41) is 0. The zero-order chi connectivity index (χ0) is 22.5. The van der Waals surface area contributed by atoms with E-state index in [0.29, 0.717) is 0 Å². The molecule has 2 heteroatoms. The van der Waals surface area contributed by atoms with Gasteiger partial charge >= 0.3 is 0 Å². The highest BCUT2D eigenvalue weighted by molar-refractivity contribution is 6.13. The molecule has 0 bridgehead atoms. The summed E-state index contributed by atoms with van der Waals surface area (Å²) >= 11 is 0. The second kappa shape index (κ2) is 9.57. The maximum Gasteiger partial charge on any atom is 0.0715 e. The van der Waals surface area contributed by atoms with Gasteiger partial charge in [-0.2, -0.15) is 0 Å². The van der Waals surface area contributed by atoms with Gasteiger partial charge in [-0.3, -0.25) is 9.98 Å². The molecular formula is C30H28N2. The molecule has 158 valence electrons. The number of rotatable bonds is 5. The standard InChI is InChI=1S/C30H28N2/c1-21-5-9-25(10-6-21)29(31-3)27-17-13-23(14-18-27)24-15-19-28(20-16-24)30(32-4)26-11-7-22(2)8-12-26/h5-20H,1-4H3/b31-29+,32-30+. The van der Waals surface area contributed by atoms with Crippen LogP contribution in [0.3, 0.4) is 0 Å². The van der Waals surface area contributed by atoms with Crippen LogP contribution in [0.25, 0.3) is 11.1 Å². The van der Waals surface area contributed by atoms with Crippen LogP contribution in [-0.2, 0) is 0 Å². The van der Waals surface area contributed by atoms with Crippen molar-refractivity contribution < 1.29 is 0 Å². The van der Waals surface area contributed by atoms with Crippen molar-refractivity contribution in [1.82, 2.24) is 0 Å². The van der Waals surface area contributed by atoms with E-state index in [1.54, 1.807) is 0 Å². The van der Waals surface area contributed by atoms with E-state index in [2.05, 4.69) is 121 Å². The largest absolute Gasteiger partial charge is 0.287 e. The molecule has 0 aliphatic carbocycles.